The summed E-state index contributed by atoms with van der Waals surface area (Å²) >= 11 is 12.2. The molecule has 0 aliphatic heterocycles. The Labute approximate surface area is 194 Å². The highest BCUT2D eigenvalue weighted by Crippen LogP contribution is 2.41. The van der Waals surface area contributed by atoms with Gasteiger partial charge in [0.25, 0.3) is 6.43 Å². The molecule has 0 spiro atoms. The van der Waals surface area contributed by atoms with Crippen molar-refractivity contribution in [2.75, 3.05) is 7.11 Å². The number of ether oxygens (including phenoxy) is 1. The molecule has 1 heterocycles. The predicted molar refractivity (Wildman–Crippen MR) is 111 cm³/mol. The van der Waals surface area contributed by atoms with Gasteiger partial charge in [0.05, 0.1) is 23.3 Å². The van der Waals surface area contributed by atoms with Crippen LogP contribution in [0.15, 0.2) is 23.1 Å². The summed E-state index contributed by atoms with van der Waals surface area (Å²) in [6, 6.07) is 4.03. The number of aromatic nitrogens is 1. The number of benzene rings is 1. The third-order valence-electron chi connectivity index (χ3n) is 4.11. The van der Waals surface area contributed by atoms with Crippen LogP contribution in [0.3, 0.4) is 0 Å². The maximum atomic E-state index is 13.8. The van der Waals surface area contributed by atoms with Gasteiger partial charge in [0.1, 0.15) is 5.69 Å². The summed E-state index contributed by atoms with van der Waals surface area (Å²) in [5.74, 6) is -1.73. The van der Waals surface area contributed by atoms with Crippen LogP contribution in [0, 0.1) is 5.92 Å². The number of carbonyl (C=O) groups is 2. The van der Waals surface area contributed by atoms with Crippen molar-refractivity contribution in [2.45, 2.75) is 37.8 Å². The Morgan fingerprint density at radius 2 is 1.78 bits per heavy atom. The smallest absolute Gasteiger partial charge is 0.434 e. The Balaban J connectivity index is 2.89. The molecule has 0 aliphatic rings. The number of rotatable bonds is 6. The van der Waals surface area contributed by atoms with Gasteiger partial charge < -0.3 is 4.74 Å². The lowest BCUT2D eigenvalue weighted by Crippen LogP contribution is -2.24. The van der Waals surface area contributed by atoms with E-state index >= 15 is 0 Å². The molecule has 2 aromatic rings. The molecular weight excluding hydrogens is 500 g/mol. The van der Waals surface area contributed by atoms with Crippen LogP contribution in [0.1, 0.15) is 57.9 Å². The number of methoxy groups -OCH3 is 1. The van der Waals surface area contributed by atoms with E-state index in [0.717, 1.165) is 7.11 Å². The van der Waals surface area contributed by atoms with Crippen molar-refractivity contribution >= 4 is 46.0 Å². The molecule has 2 rings (SSSR count). The highest BCUT2D eigenvalue weighted by atomic mass is 35.5. The Kier molecular flexibility index (Phi) is 8.52. The van der Waals surface area contributed by atoms with Crippen molar-refractivity contribution in [2.24, 2.45) is 5.92 Å². The average Bonchev–Trinajstić information content (AvgIpc) is 2.67. The fourth-order valence-corrected chi connectivity index (χ4v) is 4.23. The van der Waals surface area contributed by atoms with Gasteiger partial charge in [-0.3, -0.25) is 4.79 Å². The molecule has 4 nitrogen and oxygen atoms in total. The van der Waals surface area contributed by atoms with Crippen LogP contribution >= 0.6 is 35.0 Å². The molecule has 1 aromatic carbocycles. The first-order chi connectivity index (χ1) is 14.8. The van der Waals surface area contributed by atoms with Gasteiger partial charge in [-0.2, -0.15) is 13.2 Å². The van der Waals surface area contributed by atoms with E-state index in [2.05, 4.69) is 9.72 Å². The number of esters is 1. The normalized spacial score (nSPS) is 11.9. The summed E-state index contributed by atoms with van der Waals surface area (Å²) in [4.78, 5) is 28.4. The van der Waals surface area contributed by atoms with Crippen LogP contribution < -0.4 is 0 Å². The number of alkyl halides is 5. The average molecular weight is 516 g/mol. The standard InChI is InChI=1S/C20H16Cl2F5NO3S/c1-8(2)6-10-13(18(29)31-3)15(17(23)24)28-16(20(25,26)27)14(10)19(30)32-12-7-9(21)4-5-11(12)22/h4-5,7-8,17H,6H2,1-3H3. The number of hydrogen-bond acceptors (Lipinski definition) is 5. The van der Waals surface area contributed by atoms with Gasteiger partial charge in [0.2, 0.25) is 5.12 Å². The second-order valence-corrected chi connectivity index (χ2v) is 8.78. The lowest BCUT2D eigenvalue weighted by atomic mass is 9.91. The van der Waals surface area contributed by atoms with Gasteiger partial charge in [-0.15, -0.1) is 0 Å². The predicted octanol–water partition coefficient (Wildman–Crippen LogP) is 7.26. The maximum absolute atomic E-state index is 13.8. The molecule has 32 heavy (non-hydrogen) atoms. The van der Waals surface area contributed by atoms with Crippen molar-refractivity contribution < 1.29 is 36.3 Å². The molecule has 0 unspecified atom stereocenters. The molecule has 0 aliphatic carbocycles. The SMILES string of the molecule is COC(=O)c1c(C(F)F)nc(C(F)(F)F)c(C(=O)Sc2cc(Cl)ccc2Cl)c1CC(C)C. The van der Waals surface area contributed by atoms with Crippen LogP contribution in [0.4, 0.5) is 22.0 Å². The lowest BCUT2D eigenvalue weighted by molar-refractivity contribution is -0.141. The van der Waals surface area contributed by atoms with E-state index in [9.17, 15) is 31.5 Å². The number of hydrogen-bond donors (Lipinski definition) is 0. The van der Waals surface area contributed by atoms with Crippen LogP contribution in [0.25, 0.3) is 0 Å². The lowest BCUT2D eigenvalue weighted by Gasteiger charge is -2.21. The fraction of sp³-hybridized carbons (Fsp3) is 0.350. The topological polar surface area (TPSA) is 56.3 Å². The second kappa shape index (κ2) is 10.4. The summed E-state index contributed by atoms with van der Waals surface area (Å²) in [7, 11) is 0.885. The van der Waals surface area contributed by atoms with Gasteiger partial charge in [0.15, 0.2) is 5.69 Å². The zero-order chi connectivity index (χ0) is 24.4. The number of pyridine rings is 1. The van der Waals surface area contributed by atoms with Gasteiger partial charge in [-0.1, -0.05) is 37.0 Å². The van der Waals surface area contributed by atoms with E-state index < -0.39 is 57.7 Å². The first kappa shape index (κ1) is 26.3. The Hall–Kier alpha value is -1.91. The fourth-order valence-electron chi connectivity index (χ4n) is 2.89. The van der Waals surface area contributed by atoms with E-state index in [1.54, 1.807) is 13.8 Å². The van der Waals surface area contributed by atoms with Gasteiger partial charge in [0, 0.05) is 9.92 Å². The summed E-state index contributed by atoms with van der Waals surface area (Å²) in [5.41, 5.74) is -5.59. The highest BCUT2D eigenvalue weighted by molar-refractivity contribution is 8.14. The monoisotopic (exact) mass is 515 g/mol. The van der Waals surface area contributed by atoms with Crippen LogP contribution in [-0.2, 0) is 17.3 Å². The molecule has 0 radical (unpaired) electrons. The van der Waals surface area contributed by atoms with Crippen molar-refractivity contribution in [3.63, 3.8) is 0 Å². The zero-order valence-electron chi connectivity index (χ0n) is 16.8. The largest absolute Gasteiger partial charge is 0.465 e. The summed E-state index contributed by atoms with van der Waals surface area (Å²) in [6.07, 6.45) is -9.07. The molecule has 174 valence electrons. The molecule has 0 saturated heterocycles. The van der Waals surface area contributed by atoms with Crippen molar-refractivity contribution in [3.8, 4) is 0 Å². The molecule has 0 saturated carbocycles. The Morgan fingerprint density at radius 3 is 2.28 bits per heavy atom. The first-order valence-electron chi connectivity index (χ1n) is 8.95. The van der Waals surface area contributed by atoms with E-state index in [4.69, 9.17) is 23.2 Å². The summed E-state index contributed by atoms with van der Waals surface area (Å²) in [5, 5.41) is -0.975. The second-order valence-electron chi connectivity index (χ2n) is 6.93. The van der Waals surface area contributed by atoms with E-state index in [-0.39, 0.29) is 21.4 Å². The van der Waals surface area contributed by atoms with Crippen molar-refractivity contribution in [3.05, 3.63) is 56.3 Å². The molecule has 0 fully saturated rings. The molecule has 1 aromatic heterocycles. The third-order valence-corrected chi connectivity index (χ3v) is 5.73. The van der Waals surface area contributed by atoms with Gasteiger partial charge in [-0.25, -0.2) is 18.6 Å². The molecule has 0 bridgehead atoms. The molecular formula is C20H16Cl2F5NO3S. The van der Waals surface area contributed by atoms with Crippen molar-refractivity contribution in [1.82, 2.24) is 4.98 Å². The number of thioether (sulfide) groups is 1. The van der Waals surface area contributed by atoms with Gasteiger partial charge >= 0.3 is 12.1 Å². The van der Waals surface area contributed by atoms with Gasteiger partial charge in [-0.05, 0) is 47.9 Å². The Morgan fingerprint density at radius 1 is 1.16 bits per heavy atom. The molecule has 12 heteroatoms. The first-order valence-corrected chi connectivity index (χ1v) is 10.5. The van der Waals surface area contributed by atoms with Crippen molar-refractivity contribution in [1.29, 1.82) is 0 Å². The molecule has 0 N–H and O–H groups in total. The quantitative estimate of drug-likeness (QED) is 0.230. The van der Waals surface area contributed by atoms with E-state index in [0.29, 0.717) is 11.8 Å². The molecule has 0 amide bonds. The molecule has 0 atom stereocenters. The minimum Gasteiger partial charge on any atom is -0.465 e. The van der Waals surface area contributed by atoms with Crippen LogP contribution in [0.2, 0.25) is 10.0 Å². The maximum Gasteiger partial charge on any atom is 0.434 e. The van der Waals surface area contributed by atoms with Crippen LogP contribution in [0.5, 0.6) is 0 Å². The Bertz CT molecular complexity index is 1040. The van der Waals surface area contributed by atoms with Crippen LogP contribution in [-0.4, -0.2) is 23.2 Å². The number of halogens is 7. The minimum absolute atomic E-state index is 0.0390. The highest BCUT2D eigenvalue weighted by Gasteiger charge is 2.42. The van der Waals surface area contributed by atoms with E-state index in [1.165, 1.54) is 18.2 Å². The number of carbonyl (C=O) groups excluding carboxylic acids is 2. The zero-order valence-corrected chi connectivity index (χ0v) is 19.1. The minimum atomic E-state index is -5.26. The summed E-state index contributed by atoms with van der Waals surface area (Å²) in [6.45, 7) is 3.18. The third kappa shape index (κ3) is 5.90. The number of nitrogens with zero attached hydrogens (tertiary/aromatic N) is 1. The summed E-state index contributed by atoms with van der Waals surface area (Å²) < 4.78 is 73.3. The van der Waals surface area contributed by atoms with E-state index in [1.807, 2.05) is 0 Å².